The van der Waals surface area contributed by atoms with E-state index >= 15 is 0 Å². The van der Waals surface area contributed by atoms with Crippen molar-refractivity contribution in [2.75, 3.05) is 11.9 Å². The second kappa shape index (κ2) is 8.78. The van der Waals surface area contributed by atoms with Crippen molar-refractivity contribution in [3.8, 4) is 0 Å². The van der Waals surface area contributed by atoms with Crippen molar-refractivity contribution in [2.24, 2.45) is 4.99 Å². The maximum Gasteiger partial charge on any atom is 0.200 e. The molecule has 7 nitrogen and oxygen atoms in total. The van der Waals surface area contributed by atoms with Gasteiger partial charge in [0.25, 0.3) is 0 Å². The Kier molecular flexibility index (Phi) is 5.91. The smallest absolute Gasteiger partial charge is 0.200 e. The van der Waals surface area contributed by atoms with Crippen molar-refractivity contribution < 1.29 is 9.50 Å². The van der Waals surface area contributed by atoms with Crippen LogP contribution in [0.3, 0.4) is 0 Å². The van der Waals surface area contributed by atoms with Gasteiger partial charge in [0, 0.05) is 18.6 Å². The van der Waals surface area contributed by atoms with Crippen molar-refractivity contribution in [1.29, 1.82) is 0 Å². The lowest BCUT2D eigenvalue weighted by Crippen LogP contribution is -2.70. The molecule has 2 aliphatic heterocycles. The summed E-state index contributed by atoms with van der Waals surface area (Å²) in [5.74, 6) is 0.518. The van der Waals surface area contributed by atoms with Crippen molar-refractivity contribution in [3.05, 3.63) is 30.1 Å². The number of halogens is 1. The number of aliphatic imine (C=N–C) groups is 1. The molecule has 0 spiro atoms. The van der Waals surface area contributed by atoms with E-state index in [1.165, 1.54) is 18.9 Å². The van der Waals surface area contributed by atoms with Gasteiger partial charge in [0.15, 0.2) is 0 Å². The van der Waals surface area contributed by atoms with E-state index in [0.29, 0.717) is 17.8 Å². The van der Waals surface area contributed by atoms with E-state index in [4.69, 9.17) is 4.99 Å². The van der Waals surface area contributed by atoms with E-state index < -0.39 is 0 Å². The molecule has 164 valence electrons. The fraction of sp³-hybridized carbons (Fsp3) is 0.682. The molecule has 0 amide bonds. The van der Waals surface area contributed by atoms with Gasteiger partial charge in [0.05, 0.1) is 11.8 Å². The topological polar surface area (TPSA) is 83.9 Å². The van der Waals surface area contributed by atoms with Crippen LogP contribution in [0.5, 0.6) is 0 Å². The molecule has 1 saturated heterocycles. The summed E-state index contributed by atoms with van der Waals surface area (Å²) in [7, 11) is 0. The molecule has 1 aromatic carbocycles. The second-order valence-corrected chi connectivity index (χ2v) is 9.10. The molecule has 2 aliphatic carbocycles. The van der Waals surface area contributed by atoms with Crippen LogP contribution in [0.15, 0.2) is 29.3 Å². The third-order valence-electron chi connectivity index (χ3n) is 7.00. The van der Waals surface area contributed by atoms with Gasteiger partial charge in [0.2, 0.25) is 5.96 Å². The number of hydrogen-bond donors (Lipinski definition) is 5. The van der Waals surface area contributed by atoms with Crippen molar-refractivity contribution >= 4 is 11.6 Å². The third kappa shape index (κ3) is 4.19. The first-order valence-corrected chi connectivity index (χ1v) is 11.5. The third-order valence-corrected chi connectivity index (χ3v) is 7.00. The van der Waals surface area contributed by atoms with Crippen molar-refractivity contribution in [2.45, 2.75) is 88.1 Å². The molecule has 3 fully saturated rings. The number of anilines is 1. The van der Waals surface area contributed by atoms with E-state index in [0.717, 1.165) is 51.0 Å². The van der Waals surface area contributed by atoms with Gasteiger partial charge in [0.1, 0.15) is 24.3 Å². The number of para-hydroxylation sites is 1. The SMILES string of the molecule is OC1CCC(NC2NCC3N=C(Nc4ccccc4F)N(C4CCCC4)C3N2)CC1. The summed E-state index contributed by atoms with van der Waals surface area (Å²) in [6, 6.07) is 7.71. The van der Waals surface area contributed by atoms with Gasteiger partial charge >= 0.3 is 0 Å². The lowest BCUT2D eigenvalue weighted by Gasteiger charge is -2.42. The quantitative estimate of drug-likeness (QED) is 0.516. The molecule has 3 atom stereocenters. The van der Waals surface area contributed by atoms with Gasteiger partial charge in [-0.15, -0.1) is 0 Å². The standard InChI is InChI=1S/C22H33FN6O/c23-17-7-3-4-8-18(17)26-22-27-19-13-24-21(25-14-9-11-16(30)12-10-14)28-20(19)29(22)15-5-1-2-6-15/h3-4,7-8,14-16,19-21,24-25,28,30H,1-2,5-6,9-13H2,(H,26,27). The Bertz CT molecular complexity index is 762. The Labute approximate surface area is 177 Å². The number of benzene rings is 1. The minimum atomic E-state index is -0.258. The maximum atomic E-state index is 14.3. The Morgan fingerprint density at radius 2 is 1.83 bits per heavy atom. The van der Waals surface area contributed by atoms with Gasteiger partial charge in [-0.2, -0.15) is 0 Å². The lowest BCUT2D eigenvalue weighted by molar-refractivity contribution is 0.0932. The molecule has 0 radical (unpaired) electrons. The van der Waals surface area contributed by atoms with Crippen LogP contribution in [0.4, 0.5) is 10.1 Å². The first kappa shape index (κ1) is 20.2. The highest BCUT2D eigenvalue weighted by atomic mass is 19.1. The van der Waals surface area contributed by atoms with E-state index in [-0.39, 0.29) is 30.4 Å². The first-order chi connectivity index (χ1) is 14.7. The number of hydrogen-bond acceptors (Lipinski definition) is 7. The van der Waals surface area contributed by atoms with Gasteiger partial charge < -0.3 is 15.3 Å². The minimum absolute atomic E-state index is 0.0124. The normalized spacial score (nSPS) is 34.7. The summed E-state index contributed by atoms with van der Waals surface area (Å²) in [5, 5.41) is 24.0. The predicted molar refractivity (Wildman–Crippen MR) is 115 cm³/mol. The van der Waals surface area contributed by atoms with E-state index in [1.807, 2.05) is 6.07 Å². The highest BCUT2D eigenvalue weighted by molar-refractivity contribution is 5.95. The molecule has 4 aliphatic rings. The minimum Gasteiger partial charge on any atom is -0.393 e. The number of rotatable bonds is 4. The molecule has 5 rings (SSSR count). The van der Waals surface area contributed by atoms with Crippen LogP contribution < -0.4 is 21.3 Å². The lowest BCUT2D eigenvalue weighted by atomic mass is 9.93. The second-order valence-electron chi connectivity index (χ2n) is 9.10. The van der Waals surface area contributed by atoms with E-state index in [1.54, 1.807) is 12.1 Å². The summed E-state index contributed by atoms with van der Waals surface area (Å²) >= 11 is 0. The molecule has 8 heteroatoms. The summed E-state index contributed by atoms with van der Waals surface area (Å²) in [6.45, 7) is 0.774. The van der Waals surface area contributed by atoms with Gasteiger partial charge in [-0.25, -0.2) is 9.38 Å². The van der Waals surface area contributed by atoms with Crippen LogP contribution in [0.2, 0.25) is 0 Å². The zero-order valence-electron chi connectivity index (χ0n) is 17.4. The Hall–Kier alpha value is -1.74. The highest BCUT2D eigenvalue weighted by Crippen LogP contribution is 2.31. The summed E-state index contributed by atoms with van der Waals surface area (Å²) in [4.78, 5) is 7.31. The van der Waals surface area contributed by atoms with Gasteiger partial charge in [-0.3, -0.25) is 16.0 Å². The monoisotopic (exact) mass is 416 g/mol. The molecule has 0 bridgehead atoms. The van der Waals surface area contributed by atoms with Crippen LogP contribution in [0, 0.1) is 5.82 Å². The molecular weight excluding hydrogens is 383 g/mol. The number of fused-ring (bicyclic) bond motifs is 1. The fourth-order valence-electron chi connectivity index (χ4n) is 5.38. The fourth-order valence-corrected chi connectivity index (χ4v) is 5.38. The van der Waals surface area contributed by atoms with Crippen molar-refractivity contribution in [3.63, 3.8) is 0 Å². The average molecular weight is 417 g/mol. The molecular formula is C22H33FN6O. The molecule has 30 heavy (non-hydrogen) atoms. The highest BCUT2D eigenvalue weighted by Gasteiger charge is 2.44. The van der Waals surface area contributed by atoms with Crippen LogP contribution >= 0.6 is 0 Å². The number of aliphatic hydroxyl groups excluding tert-OH is 1. The van der Waals surface area contributed by atoms with Crippen LogP contribution in [0.1, 0.15) is 51.4 Å². The molecule has 1 aromatic rings. The van der Waals surface area contributed by atoms with Gasteiger partial charge in [-0.1, -0.05) is 25.0 Å². The Morgan fingerprint density at radius 1 is 1.07 bits per heavy atom. The zero-order valence-corrected chi connectivity index (χ0v) is 17.4. The summed E-state index contributed by atoms with van der Waals surface area (Å²) in [6.07, 6.45) is 8.45. The summed E-state index contributed by atoms with van der Waals surface area (Å²) < 4.78 is 14.3. The van der Waals surface area contributed by atoms with E-state index in [9.17, 15) is 9.50 Å². The number of aliphatic hydroxyl groups is 1. The van der Waals surface area contributed by atoms with Crippen molar-refractivity contribution in [1.82, 2.24) is 20.9 Å². The number of nitrogens with zero attached hydrogens (tertiary/aromatic N) is 2. The van der Waals surface area contributed by atoms with Crippen LogP contribution in [0.25, 0.3) is 0 Å². The predicted octanol–water partition coefficient (Wildman–Crippen LogP) is 1.92. The largest absolute Gasteiger partial charge is 0.393 e. The zero-order chi connectivity index (χ0) is 20.5. The molecule has 3 unspecified atom stereocenters. The molecule has 2 saturated carbocycles. The first-order valence-electron chi connectivity index (χ1n) is 11.5. The van der Waals surface area contributed by atoms with Crippen LogP contribution in [-0.4, -0.2) is 59.2 Å². The average Bonchev–Trinajstić information content (AvgIpc) is 3.38. The molecule has 5 N–H and O–H groups in total. The summed E-state index contributed by atoms with van der Waals surface area (Å²) in [5.41, 5.74) is 0.473. The number of nitrogens with one attached hydrogen (secondary N) is 4. The number of guanidine groups is 1. The molecule has 2 heterocycles. The Balaban J connectivity index is 1.30. The molecule has 0 aromatic heterocycles. The van der Waals surface area contributed by atoms with Gasteiger partial charge in [-0.05, 0) is 50.7 Å². The van der Waals surface area contributed by atoms with E-state index in [2.05, 4.69) is 26.2 Å². The Morgan fingerprint density at radius 3 is 2.60 bits per heavy atom. The van der Waals surface area contributed by atoms with Crippen LogP contribution in [-0.2, 0) is 0 Å². The maximum absolute atomic E-state index is 14.3.